The molecule has 5 saturated carbocycles. The van der Waals surface area contributed by atoms with Crippen molar-refractivity contribution in [3.05, 3.63) is 53.4 Å². The maximum atomic E-state index is 13.1. The van der Waals surface area contributed by atoms with Gasteiger partial charge in [-0.15, -0.1) is 0 Å². The van der Waals surface area contributed by atoms with E-state index < -0.39 is 0 Å². The Balaban J connectivity index is 1.38. The maximum Gasteiger partial charge on any atom is 0.262 e. The molecule has 1 aromatic carbocycles. The monoisotopic (exact) mass is 454 g/mol. The van der Waals surface area contributed by atoms with E-state index in [4.69, 9.17) is 5.10 Å². The summed E-state index contributed by atoms with van der Waals surface area (Å²) in [6.07, 6.45) is 17.1. The smallest absolute Gasteiger partial charge is 0.262 e. The Morgan fingerprint density at radius 3 is 2.29 bits per heavy atom. The summed E-state index contributed by atoms with van der Waals surface area (Å²) in [4.78, 5) is 13.1. The lowest BCUT2D eigenvalue weighted by Crippen LogP contribution is -2.49. The fourth-order valence-electron chi connectivity index (χ4n) is 7.83. The third kappa shape index (κ3) is 3.98. The molecule has 5 nitrogen and oxygen atoms in total. The summed E-state index contributed by atoms with van der Waals surface area (Å²) in [6.45, 7) is 0. The molecule has 5 aliphatic rings. The van der Waals surface area contributed by atoms with Gasteiger partial charge in [-0.25, -0.2) is 4.68 Å². The molecule has 7 rings (SSSR count). The first-order chi connectivity index (χ1) is 16.6. The van der Waals surface area contributed by atoms with Crippen LogP contribution in [0.3, 0.4) is 0 Å². The van der Waals surface area contributed by atoms with Gasteiger partial charge in [0.15, 0.2) is 0 Å². The van der Waals surface area contributed by atoms with Crippen molar-refractivity contribution in [2.75, 3.05) is 0 Å². The van der Waals surface area contributed by atoms with Gasteiger partial charge in [0.1, 0.15) is 11.6 Å². The van der Waals surface area contributed by atoms with E-state index in [9.17, 15) is 10.1 Å². The molecule has 5 aliphatic carbocycles. The van der Waals surface area contributed by atoms with Crippen molar-refractivity contribution in [1.82, 2.24) is 15.1 Å². The SMILES string of the molecule is N#CC(=Cc1cn(-c2ccccc2)nc1C12CC3CC(CC(C3)C1)C2)C(=O)NC1CCCCC1. The molecule has 1 aromatic heterocycles. The Morgan fingerprint density at radius 2 is 1.68 bits per heavy atom. The number of nitriles is 1. The number of nitrogens with one attached hydrogen (secondary N) is 1. The summed E-state index contributed by atoms with van der Waals surface area (Å²) >= 11 is 0. The number of carbonyl (C=O) groups is 1. The minimum atomic E-state index is -0.238. The second-order valence-electron chi connectivity index (χ2n) is 11.4. The first-order valence-electron chi connectivity index (χ1n) is 13.2. The molecule has 5 fully saturated rings. The van der Waals surface area contributed by atoms with Crippen molar-refractivity contribution in [3.63, 3.8) is 0 Å². The zero-order valence-corrected chi connectivity index (χ0v) is 19.9. The molecule has 1 N–H and O–H groups in total. The van der Waals surface area contributed by atoms with E-state index in [-0.39, 0.29) is 22.9 Å². The zero-order valence-electron chi connectivity index (χ0n) is 19.9. The van der Waals surface area contributed by atoms with Gasteiger partial charge in [0.05, 0.1) is 11.4 Å². The van der Waals surface area contributed by atoms with E-state index in [0.717, 1.165) is 60.4 Å². The van der Waals surface area contributed by atoms with Crippen LogP contribution in [0.25, 0.3) is 11.8 Å². The summed E-state index contributed by atoms with van der Waals surface area (Å²) in [7, 11) is 0. The van der Waals surface area contributed by atoms with Crippen molar-refractivity contribution in [1.29, 1.82) is 5.26 Å². The number of carbonyl (C=O) groups excluding carboxylic acids is 1. The predicted molar refractivity (Wildman–Crippen MR) is 132 cm³/mol. The number of benzene rings is 1. The van der Waals surface area contributed by atoms with Gasteiger partial charge in [-0.3, -0.25) is 4.79 Å². The van der Waals surface area contributed by atoms with Crippen molar-refractivity contribution < 1.29 is 4.79 Å². The van der Waals surface area contributed by atoms with Crippen LogP contribution in [0.2, 0.25) is 0 Å². The van der Waals surface area contributed by atoms with Crippen molar-refractivity contribution in [2.45, 2.75) is 82.1 Å². The molecule has 34 heavy (non-hydrogen) atoms. The van der Waals surface area contributed by atoms with E-state index in [2.05, 4.69) is 23.5 Å². The standard InChI is InChI=1S/C29H34N4O/c30-18-23(28(34)31-25-7-3-1-4-8-25)14-24-19-33(26-9-5-2-6-10-26)32-27(24)29-15-20-11-21(16-29)13-22(12-20)17-29/h2,5-6,9-10,14,19-22,25H,1,3-4,7-8,11-13,15-17H2,(H,31,34). The zero-order chi connectivity index (χ0) is 23.1. The number of rotatable bonds is 5. The van der Waals surface area contributed by atoms with Crippen LogP contribution in [-0.4, -0.2) is 21.7 Å². The van der Waals surface area contributed by atoms with Crippen LogP contribution in [0.1, 0.15) is 81.9 Å². The second kappa shape index (κ2) is 8.73. The quantitative estimate of drug-likeness (QED) is 0.466. The lowest BCUT2D eigenvalue weighted by molar-refractivity contribution is -0.117. The van der Waals surface area contributed by atoms with Crippen LogP contribution in [0, 0.1) is 29.1 Å². The van der Waals surface area contributed by atoms with Crippen LogP contribution >= 0.6 is 0 Å². The average molecular weight is 455 g/mol. The summed E-state index contributed by atoms with van der Waals surface area (Å²) in [6, 6.07) is 12.6. The van der Waals surface area contributed by atoms with Crippen LogP contribution in [0.5, 0.6) is 0 Å². The van der Waals surface area contributed by atoms with E-state index >= 15 is 0 Å². The number of aromatic nitrogens is 2. The van der Waals surface area contributed by atoms with Gasteiger partial charge >= 0.3 is 0 Å². The highest BCUT2D eigenvalue weighted by molar-refractivity contribution is 6.02. The van der Waals surface area contributed by atoms with Crippen LogP contribution in [0.4, 0.5) is 0 Å². The summed E-state index contributed by atoms with van der Waals surface area (Å²) in [5, 5.41) is 18.2. The van der Waals surface area contributed by atoms with Gasteiger partial charge in [-0.2, -0.15) is 10.4 Å². The molecule has 0 spiro atoms. The molecular formula is C29H34N4O. The van der Waals surface area contributed by atoms with Gasteiger partial charge in [0.25, 0.3) is 5.91 Å². The van der Waals surface area contributed by atoms with Gasteiger partial charge in [0, 0.05) is 23.2 Å². The molecule has 176 valence electrons. The largest absolute Gasteiger partial charge is 0.349 e. The van der Waals surface area contributed by atoms with E-state index in [1.165, 1.54) is 44.9 Å². The lowest BCUT2D eigenvalue weighted by atomic mass is 9.48. The Labute approximate surface area is 202 Å². The van der Waals surface area contributed by atoms with E-state index in [1.807, 2.05) is 35.2 Å². The Hall–Kier alpha value is -2.87. The van der Waals surface area contributed by atoms with Crippen LogP contribution in [-0.2, 0) is 10.2 Å². The Bertz CT molecular complexity index is 1100. The molecule has 4 bridgehead atoms. The highest BCUT2D eigenvalue weighted by Gasteiger charge is 2.53. The van der Waals surface area contributed by atoms with Gasteiger partial charge in [0.2, 0.25) is 0 Å². The Morgan fingerprint density at radius 1 is 1.03 bits per heavy atom. The average Bonchev–Trinajstić information content (AvgIpc) is 3.28. The number of amides is 1. The minimum Gasteiger partial charge on any atom is -0.349 e. The molecule has 0 unspecified atom stereocenters. The first kappa shape index (κ1) is 21.6. The first-order valence-corrected chi connectivity index (χ1v) is 13.2. The van der Waals surface area contributed by atoms with Gasteiger partial charge in [-0.1, -0.05) is 37.5 Å². The molecule has 1 heterocycles. The number of para-hydroxylation sites is 1. The molecule has 5 heteroatoms. The fourth-order valence-corrected chi connectivity index (χ4v) is 7.83. The van der Waals surface area contributed by atoms with Crippen molar-refractivity contribution >= 4 is 12.0 Å². The summed E-state index contributed by atoms with van der Waals surface area (Å²) in [5.74, 6) is 2.17. The molecule has 0 atom stereocenters. The third-order valence-corrected chi connectivity index (χ3v) is 8.91. The third-order valence-electron chi connectivity index (χ3n) is 8.91. The lowest BCUT2D eigenvalue weighted by Gasteiger charge is -2.56. The number of nitrogens with zero attached hydrogens (tertiary/aromatic N) is 3. The van der Waals surface area contributed by atoms with Gasteiger partial charge < -0.3 is 5.32 Å². The highest BCUT2D eigenvalue weighted by Crippen LogP contribution is 2.61. The van der Waals surface area contributed by atoms with E-state index in [0.29, 0.717) is 0 Å². The molecular weight excluding hydrogens is 420 g/mol. The Kier molecular flexibility index (Phi) is 5.56. The fraction of sp³-hybridized carbons (Fsp3) is 0.552. The molecule has 0 aliphatic heterocycles. The second-order valence-corrected chi connectivity index (χ2v) is 11.4. The summed E-state index contributed by atoms with van der Waals surface area (Å²) < 4.78 is 1.95. The predicted octanol–water partition coefficient (Wildman–Crippen LogP) is 5.70. The van der Waals surface area contributed by atoms with E-state index in [1.54, 1.807) is 0 Å². The normalized spacial score (nSPS) is 30.8. The summed E-state index contributed by atoms with van der Waals surface area (Å²) in [5.41, 5.74) is 3.35. The number of hydrogen-bond donors (Lipinski definition) is 1. The number of hydrogen-bond acceptors (Lipinski definition) is 3. The maximum absolute atomic E-state index is 13.1. The molecule has 0 radical (unpaired) electrons. The van der Waals surface area contributed by atoms with Crippen molar-refractivity contribution in [2.24, 2.45) is 17.8 Å². The van der Waals surface area contributed by atoms with Crippen LogP contribution < -0.4 is 5.32 Å². The molecule has 0 saturated heterocycles. The highest BCUT2D eigenvalue weighted by atomic mass is 16.1. The molecule has 1 amide bonds. The van der Waals surface area contributed by atoms with Crippen LogP contribution in [0.15, 0.2) is 42.1 Å². The molecule has 2 aromatic rings. The van der Waals surface area contributed by atoms with Gasteiger partial charge in [-0.05, 0) is 87.3 Å². The topological polar surface area (TPSA) is 70.7 Å². The minimum absolute atomic E-state index is 0.0844. The van der Waals surface area contributed by atoms with Crippen molar-refractivity contribution in [3.8, 4) is 11.8 Å².